The van der Waals surface area contributed by atoms with E-state index in [0.29, 0.717) is 0 Å². The van der Waals surface area contributed by atoms with Crippen molar-refractivity contribution in [2.75, 3.05) is 0 Å². The lowest BCUT2D eigenvalue weighted by Crippen LogP contribution is -2.14. The first kappa shape index (κ1) is 31.1. The summed E-state index contributed by atoms with van der Waals surface area (Å²) >= 11 is 1.83. The summed E-state index contributed by atoms with van der Waals surface area (Å²) in [5.41, 5.74) is 12.9. The standard InChI is InChI=1S/C51H34N2S/c1-51(2)42-24-13-21-39(48(42)47-33-17-7-6-14-31(33)26-29-43(47)51)36-27-28-37(35-19-9-8-18-34(35)36)44-30-45(53-50(52-44)32-15-4-3-5-16-32)41-23-12-22-40-38-20-10-11-25-46(38)54-49(40)41/h3-30H,1-2H3. The van der Waals surface area contributed by atoms with Crippen LogP contribution in [-0.2, 0) is 5.41 Å². The summed E-state index contributed by atoms with van der Waals surface area (Å²) < 4.78 is 2.53. The van der Waals surface area contributed by atoms with Crippen LogP contribution in [0.15, 0.2) is 170 Å². The average molecular weight is 707 g/mol. The van der Waals surface area contributed by atoms with E-state index in [1.165, 1.54) is 75.1 Å². The van der Waals surface area contributed by atoms with Gasteiger partial charge in [0.05, 0.1) is 11.4 Å². The van der Waals surface area contributed by atoms with E-state index in [1.807, 2.05) is 17.4 Å². The van der Waals surface area contributed by atoms with E-state index < -0.39 is 0 Å². The number of benzene rings is 8. The summed E-state index contributed by atoms with van der Waals surface area (Å²) in [6.07, 6.45) is 0. The van der Waals surface area contributed by atoms with Crippen molar-refractivity contribution in [2.45, 2.75) is 19.3 Å². The number of nitrogens with zero attached hydrogens (tertiary/aromatic N) is 2. The minimum absolute atomic E-state index is 0.108. The van der Waals surface area contributed by atoms with Gasteiger partial charge in [-0.2, -0.15) is 0 Å². The van der Waals surface area contributed by atoms with Gasteiger partial charge in [0, 0.05) is 42.3 Å². The fourth-order valence-electron chi connectivity index (χ4n) is 8.92. The van der Waals surface area contributed by atoms with E-state index in [2.05, 4.69) is 178 Å². The van der Waals surface area contributed by atoms with Gasteiger partial charge in [-0.05, 0) is 67.1 Å². The van der Waals surface area contributed by atoms with Gasteiger partial charge in [-0.3, -0.25) is 0 Å². The number of aromatic nitrogens is 2. The van der Waals surface area contributed by atoms with E-state index in [1.54, 1.807) is 0 Å². The molecule has 0 fully saturated rings. The predicted molar refractivity (Wildman–Crippen MR) is 229 cm³/mol. The van der Waals surface area contributed by atoms with Crippen LogP contribution in [0.5, 0.6) is 0 Å². The Balaban J connectivity index is 1.15. The molecule has 0 amide bonds. The summed E-state index contributed by atoms with van der Waals surface area (Å²) in [7, 11) is 0. The van der Waals surface area contributed by atoms with Crippen molar-refractivity contribution in [2.24, 2.45) is 0 Å². The topological polar surface area (TPSA) is 25.8 Å². The summed E-state index contributed by atoms with van der Waals surface area (Å²) in [5, 5.41) is 7.51. The summed E-state index contributed by atoms with van der Waals surface area (Å²) in [5.74, 6) is 0.723. The lowest BCUT2D eigenvalue weighted by Gasteiger charge is -2.22. The van der Waals surface area contributed by atoms with Crippen molar-refractivity contribution >= 4 is 53.1 Å². The molecule has 2 aromatic heterocycles. The zero-order valence-corrected chi connectivity index (χ0v) is 30.8. The second-order valence-electron chi connectivity index (χ2n) is 14.9. The van der Waals surface area contributed by atoms with Gasteiger partial charge in [-0.1, -0.05) is 172 Å². The maximum absolute atomic E-state index is 5.31. The quantitative estimate of drug-likeness (QED) is 0.182. The SMILES string of the molecule is CC1(C)c2cccc(-c3ccc(-c4cc(-c5cccc6c5sc5ccccc56)nc(-c5ccccc5)n4)c4ccccc34)c2-c2c1ccc1ccccc21. The third-order valence-electron chi connectivity index (χ3n) is 11.5. The van der Waals surface area contributed by atoms with Crippen molar-refractivity contribution in [3.63, 3.8) is 0 Å². The molecule has 1 aliphatic carbocycles. The van der Waals surface area contributed by atoms with Crippen LogP contribution in [-0.4, -0.2) is 9.97 Å². The third kappa shape index (κ3) is 4.58. The molecule has 0 bridgehead atoms. The van der Waals surface area contributed by atoms with Crippen LogP contribution in [0.4, 0.5) is 0 Å². The van der Waals surface area contributed by atoms with Crippen molar-refractivity contribution in [3.8, 4) is 56.2 Å². The number of fused-ring (bicyclic) bond motifs is 9. The first-order chi connectivity index (χ1) is 26.5. The predicted octanol–water partition coefficient (Wildman–Crippen LogP) is 14.1. The maximum atomic E-state index is 5.31. The molecule has 3 heteroatoms. The molecule has 0 saturated heterocycles. The minimum Gasteiger partial charge on any atom is -0.228 e. The van der Waals surface area contributed by atoms with Crippen LogP contribution in [0.25, 0.3) is 97.9 Å². The van der Waals surface area contributed by atoms with Gasteiger partial charge in [-0.25, -0.2) is 9.97 Å². The van der Waals surface area contributed by atoms with Crippen LogP contribution >= 0.6 is 11.3 Å². The van der Waals surface area contributed by atoms with Crippen LogP contribution < -0.4 is 0 Å². The monoisotopic (exact) mass is 706 g/mol. The molecule has 11 rings (SSSR count). The molecule has 0 aliphatic heterocycles. The molecule has 2 heterocycles. The summed E-state index contributed by atoms with van der Waals surface area (Å²) in [6.45, 7) is 4.74. The Morgan fingerprint density at radius 1 is 0.426 bits per heavy atom. The Hall–Kier alpha value is -6.42. The Morgan fingerprint density at radius 3 is 1.87 bits per heavy atom. The highest BCUT2D eigenvalue weighted by molar-refractivity contribution is 7.26. The Kier molecular flexibility index (Phi) is 6.80. The molecule has 0 spiro atoms. The summed E-state index contributed by atoms with van der Waals surface area (Å²) in [6, 6.07) is 61.6. The van der Waals surface area contributed by atoms with Gasteiger partial charge >= 0.3 is 0 Å². The number of thiophene rings is 1. The molecule has 254 valence electrons. The zero-order chi connectivity index (χ0) is 36.0. The van der Waals surface area contributed by atoms with E-state index in [-0.39, 0.29) is 5.41 Å². The van der Waals surface area contributed by atoms with Crippen LogP contribution in [0.3, 0.4) is 0 Å². The highest BCUT2D eigenvalue weighted by Gasteiger charge is 2.38. The number of hydrogen-bond donors (Lipinski definition) is 0. The second-order valence-corrected chi connectivity index (χ2v) is 15.9. The first-order valence-corrected chi connectivity index (χ1v) is 19.4. The van der Waals surface area contributed by atoms with Crippen LogP contribution in [0.1, 0.15) is 25.0 Å². The van der Waals surface area contributed by atoms with E-state index in [9.17, 15) is 0 Å². The normalized spacial score (nSPS) is 13.1. The molecule has 8 aromatic carbocycles. The van der Waals surface area contributed by atoms with Gasteiger partial charge in [0.15, 0.2) is 5.82 Å². The molecular formula is C51H34N2S. The molecule has 1 aliphatic rings. The molecule has 0 saturated carbocycles. The second kappa shape index (κ2) is 11.8. The summed E-state index contributed by atoms with van der Waals surface area (Å²) in [4.78, 5) is 10.6. The number of rotatable bonds is 4. The van der Waals surface area contributed by atoms with Crippen LogP contribution in [0, 0.1) is 0 Å². The van der Waals surface area contributed by atoms with E-state index >= 15 is 0 Å². The smallest absolute Gasteiger partial charge is 0.160 e. The zero-order valence-electron chi connectivity index (χ0n) is 30.0. The van der Waals surface area contributed by atoms with Gasteiger partial charge in [0.2, 0.25) is 0 Å². The fraction of sp³-hybridized carbons (Fsp3) is 0.0588. The van der Waals surface area contributed by atoms with Crippen molar-refractivity contribution < 1.29 is 0 Å². The minimum atomic E-state index is -0.108. The Labute approximate surface area is 318 Å². The lowest BCUT2D eigenvalue weighted by molar-refractivity contribution is 0.661. The van der Waals surface area contributed by atoms with Crippen molar-refractivity contribution in [1.29, 1.82) is 0 Å². The Morgan fingerprint density at radius 2 is 1.04 bits per heavy atom. The van der Waals surface area contributed by atoms with Crippen molar-refractivity contribution in [1.82, 2.24) is 9.97 Å². The molecule has 0 atom stereocenters. The molecule has 0 unspecified atom stereocenters. The maximum Gasteiger partial charge on any atom is 0.160 e. The molecular weight excluding hydrogens is 673 g/mol. The van der Waals surface area contributed by atoms with Gasteiger partial charge in [0.25, 0.3) is 0 Å². The lowest BCUT2D eigenvalue weighted by atomic mass is 9.81. The molecule has 0 N–H and O–H groups in total. The third-order valence-corrected chi connectivity index (χ3v) is 12.7. The van der Waals surface area contributed by atoms with Crippen molar-refractivity contribution in [3.05, 3.63) is 181 Å². The molecule has 10 aromatic rings. The molecule has 2 nitrogen and oxygen atoms in total. The highest BCUT2D eigenvalue weighted by atomic mass is 32.1. The Bertz CT molecular complexity index is 3130. The van der Waals surface area contributed by atoms with E-state index in [0.717, 1.165) is 33.9 Å². The largest absolute Gasteiger partial charge is 0.228 e. The fourth-order valence-corrected chi connectivity index (χ4v) is 10.1. The van der Waals surface area contributed by atoms with E-state index in [4.69, 9.17) is 9.97 Å². The van der Waals surface area contributed by atoms with Gasteiger partial charge in [-0.15, -0.1) is 11.3 Å². The van der Waals surface area contributed by atoms with Crippen LogP contribution in [0.2, 0.25) is 0 Å². The molecule has 0 radical (unpaired) electrons. The molecule has 54 heavy (non-hydrogen) atoms. The number of hydrogen-bond acceptors (Lipinski definition) is 3. The van der Waals surface area contributed by atoms with Gasteiger partial charge < -0.3 is 0 Å². The van der Waals surface area contributed by atoms with Gasteiger partial charge in [0.1, 0.15) is 0 Å². The highest BCUT2D eigenvalue weighted by Crippen LogP contribution is 2.55. The first-order valence-electron chi connectivity index (χ1n) is 18.6. The average Bonchev–Trinajstić information content (AvgIpc) is 3.73.